The Balaban J connectivity index is 2.13. The fraction of sp³-hybridized carbons (Fsp3) is 0.818. The summed E-state index contributed by atoms with van der Waals surface area (Å²) in [5.74, 6) is 2.68. The molecule has 2 rings (SSSR count). The van der Waals surface area contributed by atoms with Gasteiger partial charge in [-0.1, -0.05) is 19.9 Å². The van der Waals surface area contributed by atoms with Gasteiger partial charge in [0.2, 0.25) is 0 Å². The summed E-state index contributed by atoms with van der Waals surface area (Å²) >= 11 is 0. The van der Waals surface area contributed by atoms with Gasteiger partial charge in [0.25, 0.3) is 0 Å². The molecule has 1 nitrogen and oxygen atoms in total. The van der Waals surface area contributed by atoms with Crippen LogP contribution in [0.2, 0.25) is 0 Å². The molecule has 1 fully saturated rings. The van der Waals surface area contributed by atoms with E-state index in [1.165, 1.54) is 25.8 Å². The van der Waals surface area contributed by atoms with Crippen molar-refractivity contribution in [2.24, 2.45) is 17.8 Å². The second-order valence-corrected chi connectivity index (χ2v) is 4.47. The van der Waals surface area contributed by atoms with Crippen molar-refractivity contribution in [1.29, 1.82) is 0 Å². The van der Waals surface area contributed by atoms with Crippen LogP contribution in [0.4, 0.5) is 0 Å². The summed E-state index contributed by atoms with van der Waals surface area (Å²) in [5, 5.41) is 3.50. The minimum Gasteiger partial charge on any atom is -0.388 e. The summed E-state index contributed by atoms with van der Waals surface area (Å²) in [6.45, 7) is 5.94. The van der Waals surface area contributed by atoms with Crippen LogP contribution in [0.15, 0.2) is 11.8 Å². The lowest BCUT2D eigenvalue weighted by Gasteiger charge is -2.30. The van der Waals surface area contributed by atoms with Crippen molar-refractivity contribution in [2.45, 2.75) is 33.1 Å². The summed E-state index contributed by atoms with van der Waals surface area (Å²) < 4.78 is 0. The second kappa shape index (κ2) is 3.12. The fourth-order valence-electron chi connectivity index (χ4n) is 2.76. The SMILES string of the molecule is CC(C)C1CCC=C2NCCC21. The first-order valence-electron chi connectivity index (χ1n) is 5.23. The van der Waals surface area contributed by atoms with Crippen LogP contribution in [-0.4, -0.2) is 6.54 Å². The van der Waals surface area contributed by atoms with Crippen LogP contribution in [0.1, 0.15) is 33.1 Å². The molecule has 1 aliphatic heterocycles. The minimum absolute atomic E-state index is 0.860. The van der Waals surface area contributed by atoms with Gasteiger partial charge in [0, 0.05) is 18.2 Å². The van der Waals surface area contributed by atoms with Gasteiger partial charge in [-0.2, -0.15) is 0 Å². The summed E-state index contributed by atoms with van der Waals surface area (Å²) in [4.78, 5) is 0. The lowest BCUT2D eigenvalue weighted by atomic mass is 9.75. The highest BCUT2D eigenvalue weighted by molar-refractivity contribution is 5.14. The summed E-state index contributed by atoms with van der Waals surface area (Å²) in [5.41, 5.74) is 1.56. The fourth-order valence-corrected chi connectivity index (χ4v) is 2.76. The van der Waals surface area contributed by atoms with Gasteiger partial charge in [0.1, 0.15) is 0 Å². The van der Waals surface area contributed by atoms with Crippen LogP contribution in [0, 0.1) is 17.8 Å². The van der Waals surface area contributed by atoms with Gasteiger partial charge < -0.3 is 5.32 Å². The Morgan fingerprint density at radius 1 is 1.42 bits per heavy atom. The van der Waals surface area contributed by atoms with Crippen LogP contribution < -0.4 is 5.32 Å². The monoisotopic (exact) mass is 165 g/mol. The molecular formula is C11H19N. The van der Waals surface area contributed by atoms with Gasteiger partial charge in [-0.15, -0.1) is 0 Å². The van der Waals surface area contributed by atoms with E-state index < -0.39 is 0 Å². The zero-order valence-electron chi connectivity index (χ0n) is 8.14. The summed E-state index contributed by atoms with van der Waals surface area (Å²) in [6, 6.07) is 0. The second-order valence-electron chi connectivity index (χ2n) is 4.47. The molecule has 68 valence electrons. The topological polar surface area (TPSA) is 12.0 Å². The first kappa shape index (κ1) is 8.15. The molecule has 1 heterocycles. The van der Waals surface area contributed by atoms with Gasteiger partial charge in [-0.25, -0.2) is 0 Å². The highest BCUT2D eigenvalue weighted by Gasteiger charge is 2.32. The van der Waals surface area contributed by atoms with E-state index in [0.717, 1.165) is 17.8 Å². The maximum absolute atomic E-state index is 3.50. The third-order valence-corrected chi connectivity index (χ3v) is 3.42. The van der Waals surface area contributed by atoms with Gasteiger partial charge >= 0.3 is 0 Å². The number of allylic oxidation sites excluding steroid dienone is 2. The van der Waals surface area contributed by atoms with Crippen molar-refractivity contribution >= 4 is 0 Å². The molecule has 0 aromatic rings. The van der Waals surface area contributed by atoms with E-state index in [2.05, 4.69) is 25.2 Å². The Bertz CT molecular complexity index is 193. The van der Waals surface area contributed by atoms with Gasteiger partial charge in [-0.05, 0) is 31.1 Å². The minimum atomic E-state index is 0.860. The third kappa shape index (κ3) is 1.26. The smallest absolute Gasteiger partial charge is 0.0150 e. The number of hydrogen-bond acceptors (Lipinski definition) is 1. The largest absolute Gasteiger partial charge is 0.388 e. The predicted molar refractivity (Wildman–Crippen MR) is 51.8 cm³/mol. The normalized spacial score (nSPS) is 34.4. The highest BCUT2D eigenvalue weighted by Crippen LogP contribution is 2.38. The quantitative estimate of drug-likeness (QED) is 0.629. The van der Waals surface area contributed by atoms with E-state index in [0.29, 0.717) is 0 Å². The number of fused-ring (bicyclic) bond motifs is 1. The molecule has 12 heavy (non-hydrogen) atoms. The van der Waals surface area contributed by atoms with E-state index in [-0.39, 0.29) is 0 Å². The van der Waals surface area contributed by atoms with Crippen LogP contribution >= 0.6 is 0 Å². The molecule has 0 amide bonds. The average molecular weight is 165 g/mol. The molecule has 0 spiro atoms. The number of rotatable bonds is 1. The van der Waals surface area contributed by atoms with E-state index in [1.54, 1.807) is 5.70 Å². The molecule has 2 atom stereocenters. The first-order valence-corrected chi connectivity index (χ1v) is 5.23. The van der Waals surface area contributed by atoms with Crippen LogP contribution in [-0.2, 0) is 0 Å². The van der Waals surface area contributed by atoms with E-state index in [1.807, 2.05) is 0 Å². The molecule has 1 aliphatic carbocycles. The molecule has 0 aromatic carbocycles. The average Bonchev–Trinajstić information content (AvgIpc) is 2.49. The number of hydrogen-bond donors (Lipinski definition) is 1. The van der Waals surface area contributed by atoms with Crippen molar-refractivity contribution in [3.8, 4) is 0 Å². The predicted octanol–water partition coefficient (Wildman–Crippen LogP) is 2.55. The Hall–Kier alpha value is -0.460. The van der Waals surface area contributed by atoms with Crippen LogP contribution in [0.25, 0.3) is 0 Å². The van der Waals surface area contributed by atoms with E-state index >= 15 is 0 Å². The molecule has 0 bridgehead atoms. The van der Waals surface area contributed by atoms with Gasteiger partial charge in [0.05, 0.1) is 0 Å². The molecular weight excluding hydrogens is 146 g/mol. The number of nitrogens with one attached hydrogen (secondary N) is 1. The molecule has 1 heteroatoms. The Morgan fingerprint density at radius 2 is 2.25 bits per heavy atom. The Kier molecular flexibility index (Phi) is 2.12. The summed E-state index contributed by atoms with van der Waals surface area (Å²) in [7, 11) is 0. The van der Waals surface area contributed by atoms with E-state index in [4.69, 9.17) is 0 Å². The zero-order valence-corrected chi connectivity index (χ0v) is 8.14. The van der Waals surface area contributed by atoms with Gasteiger partial charge in [0.15, 0.2) is 0 Å². The molecule has 1 saturated heterocycles. The van der Waals surface area contributed by atoms with E-state index in [9.17, 15) is 0 Å². The van der Waals surface area contributed by atoms with Crippen molar-refractivity contribution in [3.63, 3.8) is 0 Å². The lowest BCUT2D eigenvalue weighted by Crippen LogP contribution is -2.24. The molecule has 0 aromatic heterocycles. The molecule has 2 aliphatic rings. The third-order valence-electron chi connectivity index (χ3n) is 3.42. The van der Waals surface area contributed by atoms with Crippen molar-refractivity contribution in [1.82, 2.24) is 5.32 Å². The first-order chi connectivity index (χ1) is 5.79. The summed E-state index contributed by atoms with van der Waals surface area (Å²) in [6.07, 6.45) is 6.49. The molecule has 0 saturated carbocycles. The van der Waals surface area contributed by atoms with Crippen molar-refractivity contribution < 1.29 is 0 Å². The van der Waals surface area contributed by atoms with Crippen molar-refractivity contribution in [2.75, 3.05) is 6.54 Å². The van der Waals surface area contributed by atoms with Crippen molar-refractivity contribution in [3.05, 3.63) is 11.8 Å². The maximum atomic E-state index is 3.50. The van der Waals surface area contributed by atoms with Gasteiger partial charge in [-0.3, -0.25) is 0 Å². The molecule has 1 N–H and O–H groups in total. The van der Waals surface area contributed by atoms with Crippen LogP contribution in [0.5, 0.6) is 0 Å². The van der Waals surface area contributed by atoms with Crippen LogP contribution in [0.3, 0.4) is 0 Å². The standard InChI is InChI=1S/C11H19N/c1-8(2)9-4-3-5-11-10(9)6-7-12-11/h5,8-10,12H,3-4,6-7H2,1-2H3. The molecule has 0 radical (unpaired) electrons. The maximum Gasteiger partial charge on any atom is 0.0150 e. The lowest BCUT2D eigenvalue weighted by molar-refractivity contribution is 0.262. The Morgan fingerprint density at radius 3 is 3.00 bits per heavy atom. The highest BCUT2D eigenvalue weighted by atomic mass is 14.9. The molecule has 2 unspecified atom stereocenters. The zero-order chi connectivity index (χ0) is 8.55. The Labute approximate surface area is 75.2 Å².